The molecule has 22 heavy (non-hydrogen) atoms. The first kappa shape index (κ1) is 15.9. The Balaban J connectivity index is 2.20. The average molecular weight is 316 g/mol. The number of carbonyl (C=O) groups is 1. The van der Waals surface area contributed by atoms with Crippen molar-refractivity contribution in [3.05, 3.63) is 45.8 Å². The molecule has 2 aromatic rings. The number of nitrogens with two attached hydrogens (primary N) is 1. The summed E-state index contributed by atoms with van der Waals surface area (Å²) in [7, 11) is 0. The minimum atomic E-state index is -0.535. The van der Waals surface area contributed by atoms with Gasteiger partial charge in [0.2, 0.25) is 0 Å². The van der Waals surface area contributed by atoms with Gasteiger partial charge < -0.3 is 15.2 Å². The summed E-state index contributed by atoms with van der Waals surface area (Å²) in [6, 6.07) is 9.84. The van der Waals surface area contributed by atoms with Gasteiger partial charge in [0, 0.05) is 0 Å². The number of anilines is 1. The lowest BCUT2D eigenvalue weighted by Crippen LogP contribution is -2.05. The maximum absolute atomic E-state index is 11.8. The molecule has 1 aromatic heterocycles. The number of nitrogen functional groups attached to an aromatic ring is 1. The number of nitrogens with zero attached hydrogens (tertiary/aromatic N) is 1. The number of aryl methyl sites for hydroxylation is 1. The third kappa shape index (κ3) is 3.38. The topological polar surface area (TPSA) is 85.3 Å². The molecule has 2 rings (SSSR count). The van der Waals surface area contributed by atoms with E-state index in [2.05, 4.69) is 0 Å². The molecule has 2 N–H and O–H groups in total. The standard InChI is InChI=1S/C16H16N2O3S/c1-3-20-15(19)14-13(18)12(8-17)16(22-14)21-9-11-6-4-10(2)5-7-11/h4-7H,3,9,18H2,1-2H3. The van der Waals surface area contributed by atoms with Gasteiger partial charge in [0.25, 0.3) is 0 Å². The first-order valence-electron chi connectivity index (χ1n) is 6.74. The van der Waals surface area contributed by atoms with Crippen LogP contribution in [0.25, 0.3) is 0 Å². The summed E-state index contributed by atoms with van der Waals surface area (Å²) in [5.41, 5.74) is 8.27. The van der Waals surface area contributed by atoms with Gasteiger partial charge in [-0.3, -0.25) is 0 Å². The van der Waals surface area contributed by atoms with Crippen LogP contribution in [-0.4, -0.2) is 12.6 Å². The molecule has 0 unspecified atom stereocenters. The van der Waals surface area contributed by atoms with Crippen LogP contribution in [0.2, 0.25) is 0 Å². The smallest absolute Gasteiger partial charge is 0.350 e. The highest BCUT2D eigenvalue weighted by Gasteiger charge is 2.23. The lowest BCUT2D eigenvalue weighted by Gasteiger charge is -2.04. The quantitative estimate of drug-likeness (QED) is 0.856. The molecule has 0 spiro atoms. The third-order valence-electron chi connectivity index (χ3n) is 2.98. The van der Waals surface area contributed by atoms with Gasteiger partial charge in [-0.15, -0.1) is 0 Å². The largest absolute Gasteiger partial charge is 0.478 e. The van der Waals surface area contributed by atoms with Crippen LogP contribution in [0.1, 0.15) is 33.3 Å². The zero-order valence-electron chi connectivity index (χ0n) is 12.4. The molecule has 6 heteroatoms. The van der Waals surface area contributed by atoms with Crippen LogP contribution in [-0.2, 0) is 11.3 Å². The summed E-state index contributed by atoms with van der Waals surface area (Å²) in [4.78, 5) is 12.0. The molecular formula is C16H16N2O3S. The van der Waals surface area contributed by atoms with Crippen molar-refractivity contribution in [2.45, 2.75) is 20.5 Å². The second-order valence-corrected chi connectivity index (χ2v) is 5.60. The number of hydrogen-bond acceptors (Lipinski definition) is 6. The summed E-state index contributed by atoms with van der Waals surface area (Å²) in [5.74, 6) is -0.535. The zero-order valence-corrected chi connectivity index (χ0v) is 13.2. The van der Waals surface area contributed by atoms with Crippen molar-refractivity contribution in [3.8, 4) is 11.1 Å². The minimum absolute atomic E-state index is 0.116. The van der Waals surface area contributed by atoms with Crippen LogP contribution in [0.15, 0.2) is 24.3 Å². The first-order valence-corrected chi connectivity index (χ1v) is 7.56. The van der Waals surface area contributed by atoms with Gasteiger partial charge in [-0.05, 0) is 19.4 Å². The number of thiophene rings is 1. The van der Waals surface area contributed by atoms with Crippen LogP contribution in [0.3, 0.4) is 0 Å². The maximum Gasteiger partial charge on any atom is 0.350 e. The Morgan fingerprint density at radius 2 is 2.05 bits per heavy atom. The molecule has 114 valence electrons. The van der Waals surface area contributed by atoms with E-state index in [0.29, 0.717) is 11.7 Å². The summed E-state index contributed by atoms with van der Waals surface area (Å²) < 4.78 is 10.6. The fraction of sp³-hybridized carbons (Fsp3) is 0.250. The van der Waals surface area contributed by atoms with Gasteiger partial charge in [0.05, 0.1) is 12.3 Å². The number of esters is 1. The van der Waals surface area contributed by atoms with Crippen LogP contribution in [0, 0.1) is 18.3 Å². The molecule has 0 aliphatic heterocycles. The van der Waals surface area contributed by atoms with Gasteiger partial charge in [-0.1, -0.05) is 41.2 Å². The molecule has 0 atom stereocenters. The lowest BCUT2D eigenvalue weighted by atomic mass is 10.2. The van der Waals surface area contributed by atoms with Gasteiger partial charge >= 0.3 is 5.97 Å². The zero-order chi connectivity index (χ0) is 16.1. The van der Waals surface area contributed by atoms with E-state index in [9.17, 15) is 10.1 Å². The highest BCUT2D eigenvalue weighted by atomic mass is 32.1. The number of nitriles is 1. The molecule has 0 saturated heterocycles. The fourth-order valence-corrected chi connectivity index (χ4v) is 2.73. The monoisotopic (exact) mass is 316 g/mol. The van der Waals surface area contributed by atoms with E-state index in [1.807, 2.05) is 37.3 Å². The summed E-state index contributed by atoms with van der Waals surface area (Å²) >= 11 is 1.04. The van der Waals surface area contributed by atoms with Crippen molar-refractivity contribution < 1.29 is 14.3 Å². The van der Waals surface area contributed by atoms with Crippen LogP contribution >= 0.6 is 11.3 Å². The molecule has 0 bridgehead atoms. The molecule has 0 saturated carbocycles. The maximum atomic E-state index is 11.8. The molecular weight excluding hydrogens is 300 g/mol. The van der Waals surface area contributed by atoms with Gasteiger partial charge in [0.1, 0.15) is 23.1 Å². The molecule has 0 aliphatic rings. The van der Waals surface area contributed by atoms with E-state index >= 15 is 0 Å². The van der Waals surface area contributed by atoms with Gasteiger partial charge in [-0.25, -0.2) is 4.79 Å². The van der Waals surface area contributed by atoms with Crippen molar-refractivity contribution in [2.24, 2.45) is 0 Å². The number of hydrogen-bond donors (Lipinski definition) is 1. The normalized spacial score (nSPS) is 10.0. The molecule has 0 fully saturated rings. The Hall–Kier alpha value is -2.52. The molecule has 0 aliphatic carbocycles. The molecule has 0 amide bonds. The molecule has 1 aromatic carbocycles. The number of benzene rings is 1. The van der Waals surface area contributed by atoms with Crippen LogP contribution in [0.5, 0.6) is 5.06 Å². The number of carbonyl (C=O) groups excluding carboxylic acids is 1. The second kappa shape index (κ2) is 6.96. The van der Waals surface area contributed by atoms with E-state index in [-0.39, 0.29) is 22.7 Å². The Kier molecular flexibility index (Phi) is 5.02. The van der Waals surface area contributed by atoms with E-state index in [1.54, 1.807) is 6.92 Å². The SMILES string of the molecule is CCOC(=O)c1sc(OCc2ccc(C)cc2)c(C#N)c1N. The van der Waals surface area contributed by atoms with Gasteiger partial charge in [0.15, 0.2) is 5.06 Å². The van der Waals surface area contributed by atoms with Crippen molar-refractivity contribution in [3.63, 3.8) is 0 Å². The Morgan fingerprint density at radius 3 is 2.64 bits per heavy atom. The van der Waals surface area contributed by atoms with Crippen LogP contribution < -0.4 is 10.5 Å². The van der Waals surface area contributed by atoms with E-state index in [4.69, 9.17) is 15.2 Å². The average Bonchev–Trinajstić information content (AvgIpc) is 2.83. The van der Waals surface area contributed by atoms with Crippen molar-refractivity contribution in [2.75, 3.05) is 12.3 Å². The van der Waals surface area contributed by atoms with Crippen LogP contribution in [0.4, 0.5) is 5.69 Å². The highest BCUT2D eigenvalue weighted by Crippen LogP contribution is 2.38. The van der Waals surface area contributed by atoms with Crippen molar-refractivity contribution in [1.29, 1.82) is 5.26 Å². The van der Waals surface area contributed by atoms with Crippen molar-refractivity contribution >= 4 is 23.0 Å². The van der Waals surface area contributed by atoms with Gasteiger partial charge in [-0.2, -0.15) is 5.26 Å². The Bertz CT molecular complexity index is 714. The second-order valence-electron chi connectivity index (χ2n) is 4.61. The predicted octanol–water partition coefficient (Wildman–Crippen LogP) is 3.27. The Labute approximate surface area is 132 Å². The van der Waals surface area contributed by atoms with E-state index in [1.165, 1.54) is 0 Å². The fourth-order valence-electron chi connectivity index (χ4n) is 1.81. The lowest BCUT2D eigenvalue weighted by molar-refractivity contribution is 0.0533. The molecule has 1 heterocycles. The molecule has 5 nitrogen and oxygen atoms in total. The number of rotatable bonds is 5. The minimum Gasteiger partial charge on any atom is -0.478 e. The number of ether oxygens (including phenoxy) is 2. The Morgan fingerprint density at radius 1 is 1.36 bits per heavy atom. The predicted molar refractivity (Wildman–Crippen MR) is 84.9 cm³/mol. The highest BCUT2D eigenvalue weighted by molar-refractivity contribution is 7.16. The summed E-state index contributed by atoms with van der Waals surface area (Å²) in [6.45, 7) is 4.26. The first-order chi connectivity index (χ1) is 10.6. The third-order valence-corrected chi connectivity index (χ3v) is 4.07. The molecule has 0 radical (unpaired) electrons. The summed E-state index contributed by atoms with van der Waals surface area (Å²) in [5, 5.41) is 9.54. The van der Waals surface area contributed by atoms with E-state index in [0.717, 1.165) is 22.5 Å². The van der Waals surface area contributed by atoms with E-state index < -0.39 is 5.97 Å². The van der Waals surface area contributed by atoms with Crippen molar-refractivity contribution in [1.82, 2.24) is 0 Å². The summed E-state index contributed by atoms with van der Waals surface area (Å²) in [6.07, 6.45) is 0.